The molecule has 0 spiro atoms. The number of hydrogen-bond donors (Lipinski definition) is 4. The summed E-state index contributed by atoms with van der Waals surface area (Å²) >= 11 is 6.43. The molecule has 2 aromatic carbocycles. The third-order valence-electron chi connectivity index (χ3n) is 5.45. The quantitative estimate of drug-likeness (QED) is 0.474. The number of morpholine rings is 1. The lowest BCUT2D eigenvalue weighted by molar-refractivity contribution is 0.0167. The van der Waals surface area contributed by atoms with E-state index < -0.39 is 18.2 Å². The van der Waals surface area contributed by atoms with Crippen LogP contribution in [0.3, 0.4) is 0 Å². The first-order valence-corrected chi connectivity index (χ1v) is 10.9. The summed E-state index contributed by atoms with van der Waals surface area (Å²) in [5.41, 5.74) is 1.69. The molecule has 7 nitrogen and oxygen atoms in total. The van der Waals surface area contributed by atoms with Crippen LogP contribution in [0.1, 0.15) is 29.7 Å². The maximum absolute atomic E-state index is 12.5. The zero-order valence-corrected chi connectivity index (χ0v) is 18.2. The fourth-order valence-corrected chi connectivity index (χ4v) is 4.02. The van der Waals surface area contributed by atoms with Crippen molar-refractivity contribution in [2.45, 2.75) is 24.6 Å². The molecule has 168 valence electrons. The molecule has 3 rings (SSSR count). The van der Waals surface area contributed by atoms with E-state index in [1.165, 1.54) is 0 Å². The Hall–Kier alpha value is -2.16. The summed E-state index contributed by atoms with van der Waals surface area (Å²) < 4.78 is 5.46. The number of nitrogens with zero attached hydrogens (tertiary/aromatic N) is 1. The van der Waals surface area contributed by atoms with Crippen LogP contribution in [0.25, 0.3) is 0 Å². The van der Waals surface area contributed by atoms with Gasteiger partial charge in [-0.2, -0.15) is 0 Å². The average Bonchev–Trinajstić information content (AvgIpc) is 2.81. The van der Waals surface area contributed by atoms with E-state index in [2.05, 4.69) is 15.5 Å². The van der Waals surface area contributed by atoms with Gasteiger partial charge in [0.2, 0.25) is 0 Å². The molecule has 1 aliphatic rings. The van der Waals surface area contributed by atoms with Crippen LogP contribution in [0.5, 0.6) is 0 Å². The van der Waals surface area contributed by atoms with Crippen molar-refractivity contribution in [1.29, 1.82) is 0 Å². The van der Waals surface area contributed by atoms with Crippen molar-refractivity contribution >= 4 is 17.6 Å². The van der Waals surface area contributed by atoms with Crippen molar-refractivity contribution < 1.29 is 19.7 Å². The van der Waals surface area contributed by atoms with E-state index in [-0.39, 0.29) is 19.1 Å². The van der Waals surface area contributed by atoms with Crippen LogP contribution < -0.4 is 10.6 Å². The number of benzene rings is 2. The van der Waals surface area contributed by atoms with Crippen LogP contribution in [0, 0.1) is 0 Å². The van der Waals surface area contributed by atoms with Gasteiger partial charge in [-0.25, -0.2) is 4.79 Å². The Labute approximate surface area is 188 Å². The molecule has 1 fully saturated rings. The third kappa shape index (κ3) is 6.92. The number of nitrogens with one attached hydrogen (secondary N) is 2. The molecule has 0 radical (unpaired) electrons. The third-order valence-corrected chi connectivity index (χ3v) is 5.80. The van der Waals surface area contributed by atoms with Crippen LogP contribution >= 0.6 is 11.6 Å². The SMILES string of the molecule is O=C(NCC(c1ccccc1Cl)N1CCOCC1)NC(CO)CC(O)c1ccccc1. The number of hydrogen-bond acceptors (Lipinski definition) is 5. The lowest BCUT2D eigenvalue weighted by atomic mass is 10.0. The highest BCUT2D eigenvalue weighted by Crippen LogP contribution is 2.27. The van der Waals surface area contributed by atoms with Gasteiger partial charge in [-0.15, -0.1) is 0 Å². The second-order valence-corrected chi connectivity index (χ2v) is 7.99. The first-order chi connectivity index (χ1) is 15.1. The van der Waals surface area contributed by atoms with Crippen LogP contribution in [-0.2, 0) is 4.74 Å². The van der Waals surface area contributed by atoms with E-state index in [1.807, 2.05) is 54.6 Å². The molecular formula is C23H30ClN3O4. The summed E-state index contributed by atoms with van der Waals surface area (Å²) in [7, 11) is 0. The first-order valence-electron chi connectivity index (χ1n) is 10.5. The Morgan fingerprint density at radius 3 is 2.45 bits per heavy atom. The summed E-state index contributed by atoms with van der Waals surface area (Å²) in [4.78, 5) is 14.8. The van der Waals surface area contributed by atoms with Crippen molar-refractivity contribution in [3.63, 3.8) is 0 Å². The number of amides is 2. The number of ether oxygens (including phenoxy) is 1. The molecule has 31 heavy (non-hydrogen) atoms. The second kappa shape index (κ2) is 12.0. The molecule has 1 aliphatic heterocycles. The van der Waals surface area contributed by atoms with Gasteiger partial charge in [0.05, 0.1) is 38.0 Å². The highest BCUT2D eigenvalue weighted by atomic mass is 35.5. The molecule has 2 aromatic rings. The zero-order valence-electron chi connectivity index (χ0n) is 17.4. The highest BCUT2D eigenvalue weighted by Gasteiger charge is 2.25. The van der Waals surface area contributed by atoms with E-state index in [1.54, 1.807) is 0 Å². The molecule has 8 heteroatoms. The van der Waals surface area contributed by atoms with Gasteiger partial charge in [0, 0.05) is 24.7 Å². The van der Waals surface area contributed by atoms with Gasteiger partial charge >= 0.3 is 6.03 Å². The monoisotopic (exact) mass is 447 g/mol. The van der Waals surface area contributed by atoms with Crippen LogP contribution in [0.4, 0.5) is 4.79 Å². The van der Waals surface area contributed by atoms with Gasteiger partial charge in [-0.3, -0.25) is 4.90 Å². The number of urea groups is 1. The molecule has 0 aromatic heterocycles. The van der Waals surface area contributed by atoms with Gasteiger partial charge in [0.1, 0.15) is 0 Å². The first kappa shape index (κ1) is 23.5. The Morgan fingerprint density at radius 1 is 1.10 bits per heavy atom. The van der Waals surface area contributed by atoms with E-state index >= 15 is 0 Å². The molecule has 4 N–H and O–H groups in total. The number of rotatable bonds is 9. The fraction of sp³-hybridized carbons (Fsp3) is 0.435. The standard InChI is InChI=1S/C23H30ClN3O4/c24-20-9-5-4-8-19(20)21(27-10-12-31-13-11-27)15-25-23(30)26-18(16-28)14-22(29)17-6-2-1-3-7-17/h1-9,18,21-22,28-29H,10-16H2,(H2,25,26,30). The van der Waals surface area contributed by atoms with E-state index in [0.29, 0.717) is 24.8 Å². The predicted octanol–water partition coefficient (Wildman–Crippen LogP) is 2.50. The summed E-state index contributed by atoms with van der Waals surface area (Å²) in [6.45, 7) is 2.86. The Bertz CT molecular complexity index is 817. The van der Waals surface area contributed by atoms with E-state index in [4.69, 9.17) is 16.3 Å². The summed E-state index contributed by atoms with van der Waals surface area (Å²) in [5, 5.41) is 26.4. The smallest absolute Gasteiger partial charge is 0.315 e. The Kier molecular flexibility index (Phi) is 9.12. The van der Waals surface area contributed by atoms with Gasteiger partial charge < -0.3 is 25.6 Å². The maximum Gasteiger partial charge on any atom is 0.315 e. The minimum absolute atomic E-state index is 0.0918. The zero-order chi connectivity index (χ0) is 22.1. The van der Waals surface area contributed by atoms with Gasteiger partial charge in [-0.05, 0) is 23.6 Å². The number of carbonyl (C=O) groups excluding carboxylic acids is 1. The van der Waals surface area contributed by atoms with Crippen molar-refractivity contribution in [3.05, 3.63) is 70.7 Å². The largest absolute Gasteiger partial charge is 0.394 e. The molecule has 1 saturated heterocycles. The molecule has 0 aliphatic carbocycles. The minimum atomic E-state index is -0.775. The lowest BCUT2D eigenvalue weighted by Gasteiger charge is -2.35. The van der Waals surface area contributed by atoms with Crippen LogP contribution in [0.15, 0.2) is 54.6 Å². The van der Waals surface area contributed by atoms with E-state index in [9.17, 15) is 15.0 Å². The van der Waals surface area contributed by atoms with Gasteiger partial charge in [0.15, 0.2) is 0 Å². The molecule has 0 saturated carbocycles. The predicted molar refractivity (Wildman–Crippen MR) is 120 cm³/mol. The second-order valence-electron chi connectivity index (χ2n) is 7.58. The van der Waals surface area contributed by atoms with Gasteiger partial charge in [0.25, 0.3) is 0 Å². The Balaban J connectivity index is 1.58. The van der Waals surface area contributed by atoms with Crippen LogP contribution in [0.2, 0.25) is 5.02 Å². The summed E-state index contributed by atoms with van der Waals surface area (Å²) in [6.07, 6.45) is -0.561. The number of aliphatic hydroxyl groups excluding tert-OH is 2. The molecule has 2 amide bonds. The number of carbonyl (C=O) groups is 1. The summed E-state index contributed by atoms with van der Waals surface area (Å²) in [6, 6.07) is 15.7. The molecule has 1 heterocycles. The summed E-state index contributed by atoms with van der Waals surface area (Å²) in [5.74, 6) is 0. The fourth-order valence-electron chi connectivity index (χ4n) is 3.76. The normalized spacial score (nSPS) is 17.5. The lowest BCUT2D eigenvalue weighted by Crippen LogP contribution is -2.48. The van der Waals surface area contributed by atoms with Crippen molar-refractivity contribution in [1.82, 2.24) is 15.5 Å². The maximum atomic E-state index is 12.5. The van der Waals surface area contributed by atoms with Crippen molar-refractivity contribution in [2.75, 3.05) is 39.5 Å². The van der Waals surface area contributed by atoms with Crippen molar-refractivity contribution in [2.24, 2.45) is 0 Å². The van der Waals surface area contributed by atoms with Crippen molar-refractivity contribution in [3.8, 4) is 0 Å². The minimum Gasteiger partial charge on any atom is -0.394 e. The topological polar surface area (TPSA) is 94.1 Å². The van der Waals surface area contributed by atoms with Gasteiger partial charge in [-0.1, -0.05) is 60.1 Å². The van der Waals surface area contributed by atoms with E-state index in [0.717, 1.165) is 24.2 Å². The molecule has 0 bridgehead atoms. The number of halogens is 1. The molecular weight excluding hydrogens is 418 g/mol. The highest BCUT2D eigenvalue weighted by molar-refractivity contribution is 6.31. The number of aliphatic hydroxyl groups is 2. The molecule has 3 atom stereocenters. The molecule has 3 unspecified atom stereocenters. The Morgan fingerprint density at radius 2 is 1.77 bits per heavy atom. The van der Waals surface area contributed by atoms with Crippen LogP contribution in [-0.4, -0.2) is 66.6 Å². The average molecular weight is 448 g/mol.